The van der Waals surface area contributed by atoms with Gasteiger partial charge in [-0.25, -0.2) is 0 Å². The van der Waals surface area contributed by atoms with Crippen LogP contribution in [-0.4, -0.2) is 85.6 Å². The van der Waals surface area contributed by atoms with Gasteiger partial charge in [-0.1, -0.05) is 30.3 Å². The van der Waals surface area contributed by atoms with E-state index < -0.39 is 12.5 Å². The molecular formula is C41H48ClN3O8. The highest BCUT2D eigenvalue weighted by Gasteiger charge is 2.46. The smallest absolute Gasteiger partial charge is 0.256 e. The Morgan fingerprint density at radius 2 is 1.83 bits per heavy atom. The maximum Gasteiger partial charge on any atom is 0.256 e. The molecule has 0 bridgehead atoms. The molecule has 7 rings (SSSR count). The molecule has 282 valence electrons. The van der Waals surface area contributed by atoms with Crippen molar-refractivity contribution in [3.63, 3.8) is 0 Å². The van der Waals surface area contributed by atoms with Gasteiger partial charge in [-0.15, -0.1) is 18.2 Å². The second-order valence-electron chi connectivity index (χ2n) is 14.2. The van der Waals surface area contributed by atoms with Crippen molar-refractivity contribution in [2.75, 3.05) is 49.1 Å². The molecule has 4 heterocycles. The number of carbonyl (C=O) groups is 3. The lowest BCUT2D eigenvalue weighted by Gasteiger charge is -2.43. The van der Waals surface area contributed by atoms with Crippen LogP contribution in [0, 0.1) is 0 Å². The molecule has 3 amide bonds. The number of phenolic OH excluding ortho intramolecular Hbond substituents is 1. The quantitative estimate of drug-likeness (QED) is 0.117. The molecule has 2 fully saturated rings. The van der Waals surface area contributed by atoms with Crippen LogP contribution in [0.4, 0.5) is 11.4 Å². The molecule has 12 heteroatoms. The van der Waals surface area contributed by atoms with Crippen LogP contribution in [0.2, 0.25) is 0 Å². The summed E-state index contributed by atoms with van der Waals surface area (Å²) >= 11 is 6.39. The molecule has 3 aromatic rings. The van der Waals surface area contributed by atoms with E-state index >= 15 is 0 Å². The zero-order valence-corrected chi connectivity index (χ0v) is 31.0. The Kier molecular flexibility index (Phi) is 11.4. The number of carbonyl (C=O) groups excluding carboxylic acids is 3. The van der Waals surface area contributed by atoms with Crippen LogP contribution in [0.3, 0.4) is 0 Å². The summed E-state index contributed by atoms with van der Waals surface area (Å²) in [6.07, 6.45) is 6.79. The predicted octanol–water partition coefficient (Wildman–Crippen LogP) is 7.26. The Labute approximate surface area is 315 Å². The molecule has 1 N–H and O–H groups in total. The number of ether oxygens (including phenoxy) is 4. The van der Waals surface area contributed by atoms with Crippen molar-refractivity contribution in [3.8, 4) is 17.2 Å². The molecule has 0 radical (unpaired) electrons. The van der Waals surface area contributed by atoms with Gasteiger partial charge in [-0.2, -0.15) is 0 Å². The molecule has 4 atom stereocenters. The minimum Gasteiger partial charge on any atom is -0.507 e. The monoisotopic (exact) mass is 745 g/mol. The van der Waals surface area contributed by atoms with Gasteiger partial charge >= 0.3 is 0 Å². The van der Waals surface area contributed by atoms with E-state index in [1.165, 1.54) is 7.11 Å². The normalized spacial score (nSPS) is 22.5. The fourth-order valence-electron chi connectivity index (χ4n) is 8.24. The van der Waals surface area contributed by atoms with Crippen molar-refractivity contribution in [2.45, 2.75) is 88.7 Å². The lowest BCUT2D eigenvalue weighted by atomic mass is 9.95. The van der Waals surface area contributed by atoms with Crippen molar-refractivity contribution in [1.29, 1.82) is 0 Å². The van der Waals surface area contributed by atoms with E-state index in [4.69, 9.17) is 30.5 Å². The summed E-state index contributed by atoms with van der Waals surface area (Å²) in [5, 5.41) is 12.4. The van der Waals surface area contributed by atoms with E-state index in [-0.39, 0.29) is 54.9 Å². The van der Waals surface area contributed by atoms with Crippen LogP contribution in [0.15, 0.2) is 55.1 Å². The Morgan fingerprint density at radius 3 is 2.58 bits per heavy atom. The first-order valence-corrected chi connectivity index (χ1v) is 19.3. The maximum atomic E-state index is 14.3. The van der Waals surface area contributed by atoms with E-state index in [9.17, 15) is 19.5 Å². The summed E-state index contributed by atoms with van der Waals surface area (Å²) in [6, 6.07) is 12.3. The molecule has 3 aromatic carbocycles. The molecule has 3 unspecified atom stereocenters. The number of amides is 3. The van der Waals surface area contributed by atoms with Gasteiger partial charge < -0.3 is 33.9 Å². The maximum absolute atomic E-state index is 14.3. The molecule has 0 saturated carbocycles. The molecule has 11 nitrogen and oxygen atoms in total. The number of phenols is 1. The predicted molar refractivity (Wildman–Crippen MR) is 203 cm³/mol. The lowest BCUT2D eigenvalue weighted by molar-refractivity contribution is -0.200. The van der Waals surface area contributed by atoms with Crippen molar-refractivity contribution in [2.24, 2.45) is 0 Å². The average molecular weight is 746 g/mol. The van der Waals surface area contributed by atoms with E-state index in [0.29, 0.717) is 79.7 Å². The summed E-state index contributed by atoms with van der Waals surface area (Å²) in [6.45, 7) is 5.56. The summed E-state index contributed by atoms with van der Waals surface area (Å²) < 4.78 is 24.7. The van der Waals surface area contributed by atoms with Crippen LogP contribution in [0.25, 0.3) is 10.8 Å². The van der Waals surface area contributed by atoms with Gasteiger partial charge in [-0.05, 0) is 68.4 Å². The highest BCUT2D eigenvalue weighted by atomic mass is 35.5. The first-order valence-electron chi connectivity index (χ1n) is 18.8. The molecule has 0 spiro atoms. The minimum atomic E-state index is -0.753. The van der Waals surface area contributed by atoms with E-state index in [1.807, 2.05) is 29.2 Å². The van der Waals surface area contributed by atoms with Crippen molar-refractivity contribution in [3.05, 3.63) is 66.2 Å². The van der Waals surface area contributed by atoms with Crippen molar-refractivity contribution >= 4 is 51.5 Å². The summed E-state index contributed by atoms with van der Waals surface area (Å²) in [5.74, 6) is 0.649. The van der Waals surface area contributed by atoms with Crippen molar-refractivity contribution in [1.82, 2.24) is 4.90 Å². The third kappa shape index (κ3) is 7.31. The molecule has 0 aliphatic carbocycles. The van der Waals surface area contributed by atoms with Gasteiger partial charge in [0.2, 0.25) is 11.8 Å². The highest BCUT2D eigenvalue weighted by molar-refractivity contribution is 6.19. The van der Waals surface area contributed by atoms with E-state index in [1.54, 1.807) is 34.1 Å². The van der Waals surface area contributed by atoms with Crippen LogP contribution in [-0.2, 0) is 19.1 Å². The Balaban J connectivity index is 1.14. The van der Waals surface area contributed by atoms with Crippen LogP contribution in [0.5, 0.6) is 17.2 Å². The molecule has 53 heavy (non-hydrogen) atoms. The summed E-state index contributed by atoms with van der Waals surface area (Å²) in [4.78, 5) is 47.3. The number of piperidine rings is 1. The SMILES string of the molecule is C=CCCC(=O)N1c2cc(OCCCC(=O)N3CC(CCl)c4c3cc(O)c3ccccc43)c(OC)cc2C(=O)N2CCCC[C@H]2C1OC1CCCCO1. The second-order valence-corrected chi connectivity index (χ2v) is 14.5. The van der Waals surface area contributed by atoms with Crippen LogP contribution < -0.4 is 19.3 Å². The van der Waals surface area contributed by atoms with Crippen LogP contribution >= 0.6 is 11.6 Å². The van der Waals surface area contributed by atoms with Crippen molar-refractivity contribution < 1.29 is 38.4 Å². The van der Waals surface area contributed by atoms with Gasteiger partial charge in [0.05, 0.1) is 36.7 Å². The highest BCUT2D eigenvalue weighted by Crippen LogP contribution is 2.46. The number of rotatable bonds is 12. The third-order valence-corrected chi connectivity index (χ3v) is 11.2. The number of hydrogen-bond donors (Lipinski definition) is 1. The Bertz CT molecular complexity index is 1860. The number of alkyl halides is 1. The number of benzene rings is 3. The lowest BCUT2D eigenvalue weighted by Crippen LogP contribution is -2.57. The first-order chi connectivity index (χ1) is 25.8. The first kappa shape index (κ1) is 37.0. The summed E-state index contributed by atoms with van der Waals surface area (Å²) in [7, 11) is 1.51. The molecule has 4 aliphatic rings. The summed E-state index contributed by atoms with van der Waals surface area (Å²) in [5.41, 5.74) is 2.40. The van der Waals surface area contributed by atoms with Gasteiger partial charge in [0.25, 0.3) is 5.91 Å². The van der Waals surface area contributed by atoms with Gasteiger partial charge in [0, 0.05) is 61.9 Å². The van der Waals surface area contributed by atoms with Gasteiger partial charge in [0.15, 0.2) is 24.0 Å². The standard InChI is InChI=1S/C41H48ClN3O8/c1-3-4-15-37(48)45-31-23-35(34(50-2)21-29(31)40(49)43-18-9-7-14-30(43)41(45)53-38-17-8-10-19-52-38)51-20-11-16-36(47)44-25-26(24-42)39-28-13-6-5-12-27(28)33(46)22-32(39)44/h3,5-6,12-13,21-23,26,30,38,41,46H,1,4,7-11,14-20,24-25H2,2H3/t26?,30-,38?,41?/m0/s1. The molecular weight excluding hydrogens is 698 g/mol. The Morgan fingerprint density at radius 1 is 1.02 bits per heavy atom. The molecule has 2 saturated heterocycles. The topological polar surface area (TPSA) is 118 Å². The number of methoxy groups -OCH3 is 1. The zero-order chi connectivity index (χ0) is 37.1. The Hall–Kier alpha value is -4.32. The molecule has 4 aliphatic heterocycles. The van der Waals surface area contributed by atoms with Gasteiger partial charge in [-0.3, -0.25) is 19.3 Å². The van der Waals surface area contributed by atoms with E-state index in [2.05, 4.69) is 6.58 Å². The number of hydrogen-bond acceptors (Lipinski definition) is 8. The number of aromatic hydroxyl groups is 1. The number of anilines is 2. The second kappa shape index (κ2) is 16.4. The zero-order valence-electron chi connectivity index (χ0n) is 30.3. The minimum absolute atomic E-state index is 0.0568. The van der Waals surface area contributed by atoms with Crippen LogP contribution in [0.1, 0.15) is 86.0 Å². The largest absolute Gasteiger partial charge is 0.507 e. The number of nitrogens with zero attached hydrogens (tertiary/aromatic N) is 3. The molecule has 0 aromatic heterocycles. The fraction of sp³-hybridized carbons (Fsp3) is 0.488. The van der Waals surface area contributed by atoms with Gasteiger partial charge in [0.1, 0.15) is 5.75 Å². The fourth-order valence-corrected chi connectivity index (χ4v) is 8.49. The number of halogens is 1. The number of allylic oxidation sites excluding steroid dienone is 1. The van der Waals surface area contributed by atoms with E-state index in [0.717, 1.165) is 42.0 Å². The number of fused-ring (bicyclic) bond motifs is 5. The average Bonchev–Trinajstić information content (AvgIpc) is 3.53. The third-order valence-electron chi connectivity index (χ3n) is 10.9.